The van der Waals surface area contributed by atoms with Gasteiger partial charge in [-0.2, -0.15) is 4.98 Å². The van der Waals surface area contributed by atoms with Crippen LogP contribution in [0, 0.1) is 12.8 Å². The van der Waals surface area contributed by atoms with Crippen molar-refractivity contribution in [2.24, 2.45) is 11.7 Å². The SMILES string of the molecule is Cc1noc(C(N)C2CC2)n1. The number of nitrogens with zero attached hydrogens (tertiary/aromatic N) is 2. The molecule has 1 saturated carbocycles. The first-order valence-corrected chi connectivity index (χ1v) is 3.83. The fourth-order valence-electron chi connectivity index (χ4n) is 1.11. The molecule has 1 unspecified atom stereocenters. The van der Waals surface area contributed by atoms with Gasteiger partial charge < -0.3 is 10.3 Å². The number of aromatic nitrogens is 2. The van der Waals surface area contributed by atoms with Gasteiger partial charge in [-0.1, -0.05) is 5.16 Å². The van der Waals surface area contributed by atoms with E-state index in [1.807, 2.05) is 0 Å². The molecule has 1 aromatic rings. The Hall–Kier alpha value is -0.900. The van der Waals surface area contributed by atoms with Gasteiger partial charge in [0.05, 0.1) is 6.04 Å². The summed E-state index contributed by atoms with van der Waals surface area (Å²) in [7, 11) is 0. The Morgan fingerprint density at radius 2 is 2.36 bits per heavy atom. The van der Waals surface area contributed by atoms with Gasteiger partial charge in [-0.05, 0) is 25.7 Å². The average molecular weight is 153 g/mol. The third kappa shape index (κ3) is 1.26. The molecule has 1 aliphatic carbocycles. The number of aryl methyl sites for hydroxylation is 1. The summed E-state index contributed by atoms with van der Waals surface area (Å²) in [5.74, 6) is 1.83. The second kappa shape index (κ2) is 2.30. The summed E-state index contributed by atoms with van der Waals surface area (Å²) in [4.78, 5) is 4.07. The lowest BCUT2D eigenvalue weighted by Crippen LogP contribution is -2.12. The maximum atomic E-state index is 5.82. The monoisotopic (exact) mass is 153 g/mol. The Balaban J connectivity index is 2.14. The number of hydrogen-bond acceptors (Lipinski definition) is 4. The zero-order valence-corrected chi connectivity index (χ0v) is 6.45. The summed E-state index contributed by atoms with van der Waals surface area (Å²) in [5.41, 5.74) is 5.82. The molecule has 60 valence electrons. The molecule has 0 aromatic carbocycles. The Morgan fingerprint density at radius 1 is 1.64 bits per heavy atom. The first-order chi connectivity index (χ1) is 5.27. The van der Waals surface area contributed by atoms with E-state index < -0.39 is 0 Å². The van der Waals surface area contributed by atoms with E-state index in [0.29, 0.717) is 17.6 Å². The van der Waals surface area contributed by atoms with Crippen LogP contribution in [-0.2, 0) is 0 Å². The first-order valence-electron chi connectivity index (χ1n) is 3.83. The minimum Gasteiger partial charge on any atom is -0.338 e. The molecule has 0 aliphatic heterocycles. The summed E-state index contributed by atoms with van der Waals surface area (Å²) in [6.45, 7) is 1.80. The Morgan fingerprint density at radius 3 is 2.82 bits per heavy atom. The highest BCUT2D eigenvalue weighted by Gasteiger charge is 2.32. The second-order valence-corrected chi connectivity index (χ2v) is 3.04. The van der Waals surface area contributed by atoms with Gasteiger partial charge in [0.1, 0.15) is 0 Å². The topological polar surface area (TPSA) is 64.9 Å². The van der Waals surface area contributed by atoms with Crippen molar-refractivity contribution in [3.05, 3.63) is 11.7 Å². The summed E-state index contributed by atoms with van der Waals surface area (Å²) < 4.78 is 4.94. The number of rotatable bonds is 2. The quantitative estimate of drug-likeness (QED) is 0.682. The van der Waals surface area contributed by atoms with Crippen LogP contribution in [0.25, 0.3) is 0 Å². The van der Waals surface area contributed by atoms with Crippen molar-refractivity contribution in [2.75, 3.05) is 0 Å². The van der Waals surface area contributed by atoms with Gasteiger partial charge in [0.15, 0.2) is 5.82 Å². The average Bonchev–Trinajstić information content (AvgIpc) is 2.74. The van der Waals surface area contributed by atoms with Crippen molar-refractivity contribution in [3.8, 4) is 0 Å². The molecule has 0 radical (unpaired) electrons. The van der Waals surface area contributed by atoms with E-state index in [9.17, 15) is 0 Å². The van der Waals surface area contributed by atoms with Gasteiger partial charge >= 0.3 is 0 Å². The van der Waals surface area contributed by atoms with Crippen molar-refractivity contribution < 1.29 is 4.52 Å². The fraction of sp³-hybridized carbons (Fsp3) is 0.714. The highest BCUT2D eigenvalue weighted by atomic mass is 16.5. The van der Waals surface area contributed by atoms with Crippen LogP contribution in [0.1, 0.15) is 30.6 Å². The van der Waals surface area contributed by atoms with E-state index in [0.717, 1.165) is 0 Å². The predicted molar refractivity (Wildman–Crippen MR) is 38.7 cm³/mol. The molecule has 2 N–H and O–H groups in total. The lowest BCUT2D eigenvalue weighted by molar-refractivity contribution is 0.341. The van der Waals surface area contributed by atoms with Gasteiger partial charge in [0.2, 0.25) is 5.89 Å². The molecule has 4 heteroatoms. The van der Waals surface area contributed by atoms with Gasteiger partial charge in [-0.15, -0.1) is 0 Å². The van der Waals surface area contributed by atoms with E-state index in [1.54, 1.807) is 6.92 Å². The zero-order valence-electron chi connectivity index (χ0n) is 6.45. The third-order valence-electron chi connectivity index (χ3n) is 1.96. The summed E-state index contributed by atoms with van der Waals surface area (Å²) in [6.07, 6.45) is 2.39. The molecule has 11 heavy (non-hydrogen) atoms. The van der Waals surface area contributed by atoms with E-state index in [4.69, 9.17) is 10.3 Å². The van der Waals surface area contributed by atoms with Gasteiger partial charge in [0.25, 0.3) is 0 Å². The Kier molecular flexibility index (Phi) is 1.42. The summed E-state index contributed by atoms with van der Waals surface area (Å²) in [5, 5.41) is 3.68. The van der Waals surface area contributed by atoms with Crippen molar-refractivity contribution in [2.45, 2.75) is 25.8 Å². The van der Waals surface area contributed by atoms with Crippen LogP contribution in [0.5, 0.6) is 0 Å². The third-order valence-corrected chi connectivity index (χ3v) is 1.96. The summed E-state index contributed by atoms with van der Waals surface area (Å²) >= 11 is 0. The first kappa shape index (κ1) is 6.79. The predicted octanol–water partition coefficient (Wildman–Crippen LogP) is 0.788. The minimum absolute atomic E-state index is 0.0313. The van der Waals surface area contributed by atoms with E-state index in [-0.39, 0.29) is 6.04 Å². The fourth-order valence-corrected chi connectivity index (χ4v) is 1.11. The summed E-state index contributed by atoms with van der Waals surface area (Å²) in [6, 6.07) is -0.0313. The number of nitrogens with two attached hydrogens (primary N) is 1. The van der Waals surface area contributed by atoms with Crippen LogP contribution in [0.2, 0.25) is 0 Å². The molecule has 1 fully saturated rings. The van der Waals surface area contributed by atoms with E-state index in [2.05, 4.69) is 10.1 Å². The highest BCUT2D eigenvalue weighted by Crippen LogP contribution is 2.38. The smallest absolute Gasteiger partial charge is 0.243 e. The molecule has 2 rings (SSSR count). The number of hydrogen-bond donors (Lipinski definition) is 1. The van der Waals surface area contributed by atoms with Crippen molar-refractivity contribution in [1.29, 1.82) is 0 Å². The molecule has 4 nitrogen and oxygen atoms in total. The molecule has 1 atom stereocenters. The zero-order chi connectivity index (χ0) is 7.84. The molecule has 1 aromatic heterocycles. The maximum Gasteiger partial charge on any atom is 0.243 e. The lowest BCUT2D eigenvalue weighted by Gasteiger charge is -2.01. The van der Waals surface area contributed by atoms with Gasteiger partial charge in [0, 0.05) is 0 Å². The van der Waals surface area contributed by atoms with Gasteiger partial charge in [-0.25, -0.2) is 0 Å². The molecule has 0 saturated heterocycles. The van der Waals surface area contributed by atoms with Crippen molar-refractivity contribution in [1.82, 2.24) is 10.1 Å². The molecule has 0 bridgehead atoms. The standard InChI is InChI=1S/C7H11N3O/c1-4-9-7(11-10-4)6(8)5-2-3-5/h5-6H,2-3,8H2,1H3. The molecule has 1 aliphatic rings. The normalized spacial score (nSPS) is 20.2. The molecule has 0 spiro atoms. The van der Waals surface area contributed by atoms with E-state index >= 15 is 0 Å². The van der Waals surface area contributed by atoms with Crippen LogP contribution in [0.4, 0.5) is 0 Å². The van der Waals surface area contributed by atoms with Crippen molar-refractivity contribution in [3.63, 3.8) is 0 Å². The van der Waals surface area contributed by atoms with Crippen LogP contribution >= 0.6 is 0 Å². The van der Waals surface area contributed by atoms with Crippen LogP contribution in [0.15, 0.2) is 4.52 Å². The highest BCUT2D eigenvalue weighted by molar-refractivity contribution is 4.97. The Bertz CT molecular complexity index is 254. The maximum absolute atomic E-state index is 5.82. The van der Waals surface area contributed by atoms with Crippen LogP contribution in [0.3, 0.4) is 0 Å². The lowest BCUT2D eigenvalue weighted by atomic mass is 10.2. The van der Waals surface area contributed by atoms with Crippen molar-refractivity contribution >= 4 is 0 Å². The van der Waals surface area contributed by atoms with Crippen LogP contribution < -0.4 is 5.73 Å². The van der Waals surface area contributed by atoms with Crippen LogP contribution in [-0.4, -0.2) is 10.1 Å². The molecular formula is C7H11N3O. The van der Waals surface area contributed by atoms with E-state index in [1.165, 1.54) is 12.8 Å². The molecular weight excluding hydrogens is 142 g/mol. The minimum atomic E-state index is -0.0313. The Labute approximate surface area is 64.8 Å². The van der Waals surface area contributed by atoms with Gasteiger partial charge in [-0.3, -0.25) is 0 Å². The largest absolute Gasteiger partial charge is 0.338 e. The molecule has 0 amide bonds. The molecule has 1 heterocycles. The second-order valence-electron chi connectivity index (χ2n) is 3.04.